The lowest BCUT2D eigenvalue weighted by Gasteiger charge is -2.19. The van der Waals surface area contributed by atoms with Crippen molar-refractivity contribution in [2.45, 2.75) is 31.8 Å². The smallest absolute Gasteiger partial charge is 0.120 e. The normalized spacial score (nSPS) is 18.4. The van der Waals surface area contributed by atoms with Gasteiger partial charge in [-0.05, 0) is 62.7 Å². The van der Waals surface area contributed by atoms with Gasteiger partial charge in [-0.1, -0.05) is 36.4 Å². The van der Waals surface area contributed by atoms with E-state index in [1.807, 2.05) is 24.3 Å². The van der Waals surface area contributed by atoms with Crippen LogP contribution in [0.25, 0.3) is 11.1 Å². The van der Waals surface area contributed by atoms with Crippen molar-refractivity contribution in [2.75, 3.05) is 20.1 Å². The second kappa shape index (κ2) is 7.62. The molecule has 1 aliphatic heterocycles. The summed E-state index contributed by atoms with van der Waals surface area (Å²) in [4.78, 5) is 2.45. The number of phenols is 1. The maximum atomic E-state index is 10.1. The monoisotopic (exact) mass is 310 g/mol. The van der Waals surface area contributed by atoms with Crippen molar-refractivity contribution < 1.29 is 5.11 Å². The molecule has 0 radical (unpaired) electrons. The molecule has 2 aromatic carbocycles. The SMILES string of the molecule is CN1CCCC1CCNCc1cc(-c2ccccc2)ccc1O. The van der Waals surface area contributed by atoms with Crippen molar-refractivity contribution in [3.63, 3.8) is 0 Å². The Bertz CT molecular complexity index is 627. The number of hydrogen-bond donors (Lipinski definition) is 2. The number of nitrogens with one attached hydrogen (secondary N) is 1. The lowest BCUT2D eigenvalue weighted by atomic mass is 10.0. The first-order valence-corrected chi connectivity index (χ1v) is 8.52. The summed E-state index contributed by atoms with van der Waals surface area (Å²) in [7, 11) is 2.22. The van der Waals surface area contributed by atoms with E-state index in [1.165, 1.54) is 31.4 Å². The van der Waals surface area contributed by atoms with Crippen molar-refractivity contribution in [1.29, 1.82) is 0 Å². The molecule has 0 bridgehead atoms. The lowest BCUT2D eigenvalue weighted by Crippen LogP contribution is -2.29. The lowest BCUT2D eigenvalue weighted by molar-refractivity contribution is 0.293. The molecule has 1 unspecified atom stereocenters. The fraction of sp³-hybridized carbons (Fsp3) is 0.400. The van der Waals surface area contributed by atoms with Gasteiger partial charge in [-0.25, -0.2) is 0 Å². The molecule has 1 heterocycles. The molecule has 0 aromatic heterocycles. The molecule has 2 N–H and O–H groups in total. The first kappa shape index (κ1) is 16.0. The van der Waals surface area contributed by atoms with E-state index in [0.29, 0.717) is 18.3 Å². The van der Waals surface area contributed by atoms with Crippen molar-refractivity contribution in [3.8, 4) is 16.9 Å². The average Bonchev–Trinajstić information content (AvgIpc) is 2.99. The van der Waals surface area contributed by atoms with E-state index in [1.54, 1.807) is 6.07 Å². The van der Waals surface area contributed by atoms with E-state index in [-0.39, 0.29) is 0 Å². The Balaban J connectivity index is 1.57. The van der Waals surface area contributed by atoms with Crippen LogP contribution in [0.2, 0.25) is 0 Å². The highest BCUT2D eigenvalue weighted by molar-refractivity contribution is 5.65. The summed E-state index contributed by atoms with van der Waals surface area (Å²) in [5.74, 6) is 0.371. The second-order valence-electron chi connectivity index (χ2n) is 6.45. The summed E-state index contributed by atoms with van der Waals surface area (Å²) in [5.41, 5.74) is 3.29. The Morgan fingerprint density at radius 1 is 1.13 bits per heavy atom. The highest BCUT2D eigenvalue weighted by Crippen LogP contribution is 2.26. The summed E-state index contributed by atoms with van der Waals surface area (Å²) in [5, 5.41) is 13.6. The van der Waals surface area contributed by atoms with Crippen molar-refractivity contribution >= 4 is 0 Å². The molecule has 0 saturated carbocycles. The van der Waals surface area contributed by atoms with Gasteiger partial charge in [-0.3, -0.25) is 0 Å². The number of hydrogen-bond acceptors (Lipinski definition) is 3. The molecule has 0 spiro atoms. The Labute approximate surface area is 139 Å². The summed E-state index contributed by atoms with van der Waals surface area (Å²) in [6.07, 6.45) is 3.81. The molecule has 3 rings (SSSR count). The second-order valence-corrected chi connectivity index (χ2v) is 6.45. The molecule has 122 valence electrons. The zero-order chi connectivity index (χ0) is 16.1. The number of nitrogens with zero attached hydrogens (tertiary/aromatic N) is 1. The van der Waals surface area contributed by atoms with Crippen LogP contribution in [0.15, 0.2) is 48.5 Å². The van der Waals surface area contributed by atoms with E-state index in [9.17, 15) is 5.11 Å². The molecule has 2 aromatic rings. The van der Waals surface area contributed by atoms with Crippen LogP contribution < -0.4 is 5.32 Å². The van der Waals surface area contributed by atoms with Gasteiger partial charge in [0.2, 0.25) is 0 Å². The van der Waals surface area contributed by atoms with Crippen LogP contribution in [0.4, 0.5) is 0 Å². The fourth-order valence-electron chi connectivity index (χ4n) is 3.37. The first-order valence-electron chi connectivity index (χ1n) is 8.52. The molecule has 0 amide bonds. The molecule has 1 fully saturated rings. The fourth-order valence-corrected chi connectivity index (χ4v) is 3.37. The molecular weight excluding hydrogens is 284 g/mol. The predicted molar refractivity (Wildman–Crippen MR) is 95.5 cm³/mol. The van der Waals surface area contributed by atoms with Gasteiger partial charge in [0.05, 0.1) is 0 Å². The summed E-state index contributed by atoms with van der Waals surface area (Å²) in [6.45, 7) is 2.93. The van der Waals surface area contributed by atoms with Crippen LogP contribution >= 0.6 is 0 Å². The average molecular weight is 310 g/mol. The van der Waals surface area contributed by atoms with Gasteiger partial charge in [0.25, 0.3) is 0 Å². The molecule has 1 saturated heterocycles. The summed E-state index contributed by atoms with van der Waals surface area (Å²) >= 11 is 0. The minimum Gasteiger partial charge on any atom is -0.508 e. The molecule has 1 aliphatic rings. The van der Waals surface area contributed by atoms with E-state index in [4.69, 9.17) is 0 Å². The van der Waals surface area contributed by atoms with Crippen molar-refractivity contribution in [3.05, 3.63) is 54.1 Å². The van der Waals surface area contributed by atoms with Crippen molar-refractivity contribution in [1.82, 2.24) is 10.2 Å². The van der Waals surface area contributed by atoms with Crippen molar-refractivity contribution in [2.24, 2.45) is 0 Å². The largest absolute Gasteiger partial charge is 0.508 e. The number of aromatic hydroxyl groups is 1. The van der Waals surface area contributed by atoms with Crippen LogP contribution in [-0.2, 0) is 6.54 Å². The quantitative estimate of drug-likeness (QED) is 0.800. The summed E-state index contributed by atoms with van der Waals surface area (Å²) < 4.78 is 0. The summed E-state index contributed by atoms with van der Waals surface area (Å²) in [6, 6.07) is 16.9. The molecule has 3 heteroatoms. The maximum absolute atomic E-state index is 10.1. The first-order chi connectivity index (χ1) is 11.2. The third-order valence-corrected chi connectivity index (χ3v) is 4.83. The minimum atomic E-state index is 0.371. The zero-order valence-corrected chi connectivity index (χ0v) is 13.8. The highest BCUT2D eigenvalue weighted by Gasteiger charge is 2.19. The Hall–Kier alpha value is -1.84. The van der Waals surface area contributed by atoms with Crippen LogP contribution in [0, 0.1) is 0 Å². The number of rotatable bonds is 6. The number of phenolic OH excluding ortho intramolecular Hbond substituents is 1. The molecule has 3 nitrogen and oxygen atoms in total. The third kappa shape index (κ3) is 4.12. The number of likely N-dealkylation sites (tertiary alicyclic amines) is 1. The van der Waals surface area contributed by atoms with Gasteiger partial charge >= 0.3 is 0 Å². The Kier molecular flexibility index (Phi) is 5.31. The van der Waals surface area contributed by atoms with E-state index >= 15 is 0 Å². The van der Waals surface area contributed by atoms with Gasteiger partial charge in [0, 0.05) is 18.2 Å². The van der Waals surface area contributed by atoms with E-state index in [0.717, 1.165) is 17.7 Å². The standard InChI is InChI=1S/C20H26N2O/c1-22-13-5-8-19(22)11-12-21-15-18-14-17(9-10-20(18)23)16-6-3-2-4-7-16/h2-4,6-7,9-10,14,19,21,23H,5,8,11-13,15H2,1H3. The van der Waals surface area contributed by atoms with Crippen LogP contribution in [0.1, 0.15) is 24.8 Å². The molecule has 23 heavy (non-hydrogen) atoms. The van der Waals surface area contributed by atoms with Crippen LogP contribution in [-0.4, -0.2) is 36.2 Å². The van der Waals surface area contributed by atoms with Gasteiger partial charge in [-0.15, -0.1) is 0 Å². The van der Waals surface area contributed by atoms with Gasteiger partial charge in [-0.2, -0.15) is 0 Å². The van der Waals surface area contributed by atoms with Crippen LogP contribution in [0.3, 0.4) is 0 Å². The predicted octanol–water partition coefficient (Wildman–Crippen LogP) is 3.63. The topological polar surface area (TPSA) is 35.5 Å². The van der Waals surface area contributed by atoms with E-state index < -0.39 is 0 Å². The van der Waals surface area contributed by atoms with Crippen LogP contribution in [0.5, 0.6) is 5.75 Å². The minimum absolute atomic E-state index is 0.371. The Morgan fingerprint density at radius 2 is 1.96 bits per heavy atom. The maximum Gasteiger partial charge on any atom is 0.120 e. The molecule has 0 aliphatic carbocycles. The Morgan fingerprint density at radius 3 is 2.70 bits per heavy atom. The number of benzene rings is 2. The van der Waals surface area contributed by atoms with E-state index in [2.05, 4.69) is 35.5 Å². The highest BCUT2D eigenvalue weighted by atomic mass is 16.3. The molecular formula is C20H26N2O. The van der Waals surface area contributed by atoms with Gasteiger partial charge in [0.15, 0.2) is 0 Å². The third-order valence-electron chi connectivity index (χ3n) is 4.83. The van der Waals surface area contributed by atoms with Gasteiger partial charge < -0.3 is 15.3 Å². The zero-order valence-electron chi connectivity index (χ0n) is 13.8. The molecule has 1 atom stereocenters. The van der Waals surface area contributed by atoms with Gasteiger partial charge in [0.1, 0.15) is 5.75 Å².